The third kappa shape index (κ3) is 1.47. The second kappa shape index (κ2) is 3.04. The first-order valence-corrected chi connectivity index (χ1v) is 5.87. The minimum Gasteiger partial charge on any atom is -0.339 e. The monoisotopic (exact) mass is 207 g/mol. The normalized spacial score (nSPS) is 25.2. The predicted molar refractivity (Wildman–Crippen MR) is 55.2 cm³/mol. The summed E-state index contributed by atoms with van der Waals surface area (Å²) >= 11 is 0. The molecule has 2 aliphatic rings. The van der Waals surface area contributed by atoms with Crippen LogP contribution in [0.5, 0.6) is 0 Å². The Morgan fingerprint density at radius 3 is 2.67 bits per heavy atom. The molecule has 0 aliphatic heterocycles. The Morgan fingerprint density at radius 2 is 2.13 bits per heavy atom. The summed E-state index contributed by atoms with van der Waals surface area (Å²) in [6.45, 7) is 2.10. The molecule has 0 aromatic carbocycles. The van der Waals surface area contributed by atoms with Crippen LogP contribution in [0.15, 0.2) is 4.52 Å². The van der Waals surface area contributed by atoms with E-state index in [-0.39, 0.29) is 5.54 Å². The Bertz CT molecular complexity index is 368. The van der Waals surface area contributed by atoms with Crippen molar-refractivity contribution in [1.29, 1.82) is 0 Å². The fraction of sp³-hybridized carbons (Fsp3) is 0.818. The third-order valence-electron chi connectivity index (χ3n) is 3.68. The van der Waals surface area contributed by atoms with Crippen molar-refractivity contribution < 1.29 is 4.52 Å². The van der Waals surface area contributed by atoms with Gasteiger partial charge in [0, 0.05) is 5.92 Å². The molecule has 3 rings (SSSR count). The maximum absolute atomic E-state index is 6.37. The summed E-state index contributed by atoms with van der Waals surface area (Å²) in [5.74, 6) is 2.61. The second-order valence-corrected chi connectivity index (χ2v) is 4.90. The van der Waals surface area contributed by atoms with E-state index in [2.05, 4.69) is 17.1 Å². The van der Waals surface area contributed by atoms with Crippen LogP contribution in [-0.2, 0) is 5.54 Å². The Morgan fingerprint density at radius 1 is 1.40 bits per heavy atom. The van der Waals surface area contributed by atoms with E-state index in [1.807, 2.05) is 0 Å². The van der Waals surface area contributed by atoms with Crippen molar-refractivity contribution >= 4 is 0 Å². The summed E-state index contributed by atoms with van der Waals surface area (Å²) in [5, 5.41) is 4.07. The van der Waals surface area contributed by atoms with Crippen LogP contribution in [0.4, 0.5) is 0 Å². The quantitative estimate of drug-likeness (QED) is 0.819. The molecule has 1 aromatic heterocycles. The Labute approximate surface area is 89.2 Å². The van der Waals surface area contributed by atoms with E-state index in [1.54, 1.807) is 0 Å². The summed E-state index contributed by atoms with van der Waals surface area (Å²) in [6, 6.07) is 0. The maximum Gasteiger partial charge on any atom is 0.229 e. The summed E-state index contributed by atoms with van der Waals surface area (Å²) in [4.78, 5) is 4.47. The van der Waals surface area contributed by atoms with E-state index in [1.165, 1.54) is 25.7 Å². The molecule has 2 aliphatic carbocycles. The first-order chi connectivity index (χ1) is 7.24. The average Bonchev–Trinajstić information content (AvgIpc) is 3.15. The Hall–Kier alpha value is -0.900. The highest BCUT2D eigenvalue weighted by Gasteiger charge is 2.46. The highest BCUT2D eigenvalue weighted by atomic mass is 16.5. The lowest BCUT2D eigenvalue weighted by molar-refractivity contribution is 0.315. The van der Waals surface area contributed by atoms with Gasteiger partial charge in [-0.25, -0.2) is 0 Å². The van der Waals surface area contributed by atoms with Gasteiger partial charge in [-0.2, -0.15) is 4.98 Å². The van der Waals surface area contributed by atoms with E-state index in [9.17, 15) is 0 Å². The first-order valence-electron chi connectivity index (χ1n) is 5.87. The van der Waals surface area contributed by atoms with E-state index in [4.69, 9.17) is 10.3 Å². The lowest BCUT2D eigenvalue weighted by Crippen LogP contribution is -2.39. The molecule has 2 saturated carbocycles. The van der Waals surface area contributed by atoms with Gasteiger partial charge in [0.25, 0.3) is 0 Å². The molecule has 2 N–H and O–H groups in total. The van der Waals surface area contributed by atoms with Crippen molar-refractivity contribution in [2.75, 3.05) is 0 Å². The average molecular weight is 207 g/mol. The highest BCUT2D eigenvalue weighted by molar-refractivity contribution is 5.12. The SMILES string of the molecule is CCC(N)(c1noc(C2CC2)n1)C1CC1. The van der Waals surface area contributed by atoms with Crippen LogP contribution in [0.25, 0.3) is 0 Å². The van der Waals surface area contributed by atoms with Crippen molar-refractivity contribution in [1.82, 2.24) is 10.1 Å². The maximum atomic E-state index is 6.37. The van der Waals surface area contributed by atoms with Gasteiger partial charge in [-0.05, 0) is 38.0 Å². The van der Waals surface area contributed by atoms with Gasteiger partial charge in [0.15, 0.2) is 5.82 Å². The molecule has 2 fully saturated rings. The van der Waals surface area contributed by atoms with Crippen molar-refractivity contribution in [3.05, 3.63) is 11.7 Å². The molecule has 1 unspecified atom stereocenters. The molecule has 1 aromatic rings. The van der Waals surface area contributed by atoms with Crippen molar-refractivity contribution in [3.63, 3.8) is 0 Å². The van der Waals surface area contributed by atoms with Gasteiger partial charge in [-0.15, -0.1) is 0 Å². The number of rotatable bonds is 4. The topological polar surface area (TPSA) is 64.9 Å². The van der Waals surface area contributed by atoms with E-state index in [0.717, 1.165) is 18.1 Å². The zero-order valence-electron chi connectivity index (χ0n) is 9.07. The number of aromatic nitrogens is 2. The standard InChI is InChI=1S/C11H17N3O/c1-2-11(12,8-5-6-8)10-13-9(15-14-10)7-3-4-7/h7-8H,2-6,12H2,1H3. The molecule has 1 atom stereocenters. The molecule has 4 heteroatoms. The molecular formula is C11H17N3O. The molecule has 0 spiro atoms. The molecule has 0 radical (unpaired) electrons. The summed E-state index contributed by atoms with van der Waals surface area (Å²) in [5.41, 5.74) is 6.04. The molecular weight excluding hydrogens is 190 g/mol. The van der Waals surface area contributed by atoms with Crippen LogP contribution in [0.2, 0.25) is 0 Å². The largest absolute Gasteiger partial charge is 0.339 e. The molecule has 0 bridgehead atoms. The van der Waals surface area contributed by atoms with Crippen molar-refractivity contribution in [2.24, 2.45) is 11.7 Å². The van der Waals surface area contributed by atoms with E-state index < -0.39 is 0 Å². The minimum absolute atomic E-state index is 0.337. The van der Waals surface area contributed by atoms with Gasteiger partial charge < -0.3 is 10.3 Å². The lowest BCUT2D eigenvalue weighted by atomic mass is 9.90. The Kier molecular flexibility index (Phi) is 1.89. The summed E-state index contributed by atoms with van der Waals surface area (Å²) < 4.78 is 5.27. The first kappa shape index (κ1) is 9.33. The second-order valence-electron chi connectivity index (χ2n) is 4.90. The third-order valence-corrected chi connectivity index (χ3v) is 3.68. The number of hydrogen-bond acceptors (Lipinski definition) is 4. The highest BCUT2D eigenvalue weighted by Crippen LogP contribution is 2.46. The smallest absolute Gasteiger partial charge is 0.229 e. The van der Waals surface area contributed by atoms with Crippen LogP contribution < -0.4 is 5.73 Å². The zero-order valence-corrected chi connectivity index (χ0v) is 9.07. The van der Waals surface area contributed by atoms with Crippen LogP contribution in [0, 0.1) is 5.92 Å². The van der Waals surface area contributed by atoms with Crippen LogP contribution in [-0.4, -0.2) is 10.1 Å². The summed E-state index contributed by atoms with van der Waals surface area (Å²) in [7, 11) is 0. The van der Waals surface area contributed by atoms with Gasteiger partial charge in [-0.1, -0.05) is 12.1 Å². The van der Waals surface area contributed by atoms with Crippen LogP contribution >= 0.6 is 0 Å². The molecule has 15 heavy (non-hydrogen) atoms. The fourth-order valence-electron chi connectivity index (χ4n) is 2.15. The Balaban J connectivity index is 1.88. The fourth-order valence-corrected chi connectivity index (χ4v) is 2.15. The van der Waals surface area contributed by atoms with Gasteiger partial charge in [0.1, 0.15) is 0 Å². The molecule has 82 valence electrons. The molecule has 0 amide bonds. The molecule has 4 nitrogen and oxygen atoms in total. The van der Waals surface area contributed by atoms with E-state index in [0.29, 0.717) is 11.8 Å². The van der Waals surface area contributed by atoms with Gasteiger partial charge in [-0.3, -0.25) is 0 Å². The van der Waals surface area contributed by atoms with Gasteiger partial charge in [0.05, 0.1) is 5.54 Å². The minimum atomic E-state index is -0.337. The number of nitrogens with two attached hydrogens (primary N) is 1. The van der Waals surface area contributed by atoms with Crippen LogP contribution in [0.1, 0.15) is 56.7 Å². The summed E-state index contributed by atoms with van der Waals surface area (Å²) in [6.07, 6.45) is 5.68. The number of hydrogen-bond donors (Lipinski definition) is 1. The molecule has 0 saturated heterocycles. The van der Waals surface area contributed by atoms with E-state index >= 15 is 0 Å². The lowest BCUT2D eigenvalue weighted by Gasteiger charge is -2.23. The van der Waals surface area contributed by atoms with Gasteiger partial charge >= 0.3 is 0 Å². The molecule has 1 heterocycles. The predicted octanol–water partition coefficient (Wildman–Crippen LogP) is 1.92. The van der Waals surface area contributed by atoms with Gasteiger partial charge in [0.2, 0.25) is 5.89 Å². The van der Waals surface area contributed by atoms with Crippen molar-refractivity contribution in [3.8, 4) is 0 Å². The zero-order chi connectivity index (χ0) is 10.5. The van der Waals surface area contributed by atoms with Crippen molar-refractivity contribution in [2.45, 2.75) is 50.5 Å². The van der Waals surface area contributed by atoms with Crippen LogP contribution in [0.3, 0.4) is 0 Å². The number of nitrogens with zero attached hydrogens (tertiary/aromatic N) is 2.